The summed E-state index contributed by atoms with van der Waals surface area (Å²) < 4.78 is 55.8. The fourth-order valence-electron chi connectivity index (χ4n) is 3.83. The van der Waals surface area contributed by atoms with E-state index < -0.39 is 17.7 Å². The predicted molar refractivity (Wildman–Crippen MR) is 135 cm³/mol. The smallest absolute Gasteiger partial charge is 0.416 e. The number of hydrogen-bond donors (Lipinski definition) is 0. The lowest BCUT2D eigenvalue weighted by atomic mass is 10.0. The van der Waals surface area contributed by atoms with Gasteiger partial charge in [0.1, 0.15) is 17.6 Å². The second-order valence-electron chi connectivity index (χ2n) is 9.12. The number of carbonyl (C=O) groups excluding carboxylic acids is 1. The molecule has 1 aliphatic rings. The van der Waals surface area contributed by atoms with E-state index in [0.717, 1.165) is 23.5 Å². The Kier molecular flexibility index (Phi) is 9.55. The summed E-state index contributed by atoms with van der Waals surface area (Å²) in [5.41, 5.74) is 1.97. The lowest BCUT2D eigenvalue weighted by Gasteiger charge is -2.22. The van der Waals surface area contributed by atoms with E-state index in [1.807, 2.05) is 37.3 Å². The number of allylic oxidation sites excluding steroid dienone is 4. The van der Waals surface area contributed by atoms with Crippen molar-refractivity contribution in [2.75, 3.05) is 13.2 Å². The molecule has 0 radical (unpaired) electrons. The monoisotopic (exact) mass is 515 g/mol. The highest BCUT2D eigenvalue weighted by Crippen LogP contribution is 2.33. The highest BCUT2D eigenvalue weighted by atomic mass is 19.4. The van der Waals surface area contributed by atoms with Gasteiger partial charge in [-0.25, -0.2) is 9.78 Å². The van der Waals surface area contributed by atoms with Gasteiger partial charge in [-0.1, -0.05) is 38.1 Å². The number of carbonyl (C=O) groups is 1. The summed E-state index contributed by atoms with van der Waals surface area (Å²) in [6.07, 6.45) is 2.07. The minimum atomic E-state index is -4.39. The number of aromatic nitrogens is 1. The highest BCUT2D eigenvalue weighted by Gasteiger charge is 2.30. The highest BCUT2D eigenvalue weighted by molar-refractivity contribution is 5.70. The summed E-state index contributed by atoms with van der Waals surface area (Å²) in [5.74, 6) is 1.16. The Hall–Kier alpha value is -3.55. The Bertz CT molecular complexity index is 1160. The third-order valence-corrected chi connectivity index (χ3v) is 5.59. The lowest BCUT2D eigenvalue weighted by Crippen LogP contribution is -2.12. The Morgan fingerprint density at radius 1 is 1.11 bits per heavy atom. The van der Waals surface area contributed by atoms with E-state index in [1.165, 1.54) is 12.1 Å². The molecule has 8 heteroatoms. The van der Waals surface area contributed by atoms with Gasteiger partial charge >= 0.3 is 12.1 Å². The first kappa shape index (κ1) is 28.0. The Labute approximate surface area is 215 Å². The molecule has 2 aromatic rings. The number of pyridine rings is 1. The number of benzene rings is 1. The summed E-state index contributed by atoms with van der Waals surface area (Å²) in [6, 6.07) is 10.4. The van der Waals surface area contributed by atoms with Crippen molar-refractivity contribution in [2.24, 2.45) is 5.92 Å². The van der Waals surface area contributed by atoms with Gasteiger partial charge in [-0.2, -0.15) is 13.2 Å². The van der Waals surface area contributed by atoms with Crippen molar-refractivity contribution in [3.8, 4) is 11.3 Å². The summed E-state index contributed by atoms with van der Waals surface area (Å²) in [5, 5.41) is 0. The van der Waals surface area contributed by atoms with Crippen molar-refractivity contribution in [2.45, 2.75) is 52.8 Å². The molecule has 1 aromatic carbocycles. The van der Waals surface area contributed by atoms with E-state index in [-0.39, 0.29) is 12.7 Å². The quantitative estimate of drug-likeness (QED) is 0.306. The van der Waals surface area contributed by atoms with E-state index in [0.29, 0.717) is 48.1 Å². The predicted octanol–water partition coefficient (Wildman–Crippen LogP) is 7.57. The summed E-state index contributed by atoms with van der Waals surface area (Å²) in [6.45, 7) is 7.90. The molecule has 0 N–H and O–H groups in total. The molecule has 0 saturated heterocycles. The van der Waals surface area contributed by atoms with Crippen molar-refractivity contribution in [3.63, 3.8) is 0 Å². The summed E-state index contributed by atoms with van der Waals surface area (Å²) in [4.78, 5) is 16.4. The van der Waals surface area contributed by atoms with Crippen molar-refractivity contribution in [1.29, 1.82) is 0 Å². The van der Waals surface area contributed by atoms with E-state index in [2.05, 4.69) is 13.8 Å². The van der Waals surface area contributed by atoms with Crippen LogP contribution in [0.1, 0.15) is 57.9 Å². The van der Waals surface area contributed by atoms with Gasteiger partial charge in [0.05, 0.1) is 23.6 Å². The maximum Gasteiger partial charge on any atom is 0.416 e. The Morgan fingerprint density at radius 3 is 2.49 bits per heavy atom. The molecule has 0 bridgehead atoms. The maximum atomic E-state index is 13.0. The third kappa shape index (κ3) is 8.23. The van der Waals surface area contributed by atoms with Gasteiger partial charge in [0.25, 0.3) is 0 Å². The van der Waals surface area contributed by atoms with Crippen LogP contribution in [0, 0.1) is 5.92 Å². The molecule has 0 fully saturated rings. The molecule has 0 aliphatic heterocycles. The second-order valence-corrected chi connectivity index (χ2v) is 9.12. The van der Waals surface area contributed by atoms with Crippen LogP contribution < -0.4 is 0 Å². The number of ether oxygens (including phenoxy) is 3. The van der Waals surface area contributed by atoms with Crippen LogP contribution in [0.25, 0.3) is 11.3 Å². The number of esters is 1. The first-order valence-corrected chi connectivity index (χ1v) is 12.2. The summed E-state index contributed by atoms with van der Waals surface area (Å²) in [7, 11) is 0. The zero-order valence-electron chi connectivity index (χ0n) is 21.5. The molecular formula is C29H32F3NO4. The van der Waals surface area contributed by atoms with Gasteiger partial charge in [-0.05, 0) is 68.2 Å². The minimum Gasteiger partial charge on any atom is -0.488 e. The fraction of sp³-hybridized carbons (Fsp3) is 0.379. The number of hydrogen-bond acceptors (Lipinski definition) is 5. The molecule has 0 saturated carbocycles. The fourth-order valence-corrected chi connectivity index (χ4v) is 3.83. The maximum absolute atomic E-state index is 13.0. The van der Waals surface area contributed by atoms with Crippen LogP contribution in [0.2, 0.25) is 0 Å². The van der Waals surface area contributed by atoms with Gasteiger partial charge in [0, 0.05) is 12.0 Å². The molecule has 1 aromatic heterocycles. The number of nitrogens with zero attached hydrogens (tertiary/aromatic N) is 1. The van der Waals surface area contributed by atoms with Crippen LogP contribution in [0.3, 0.4) is 0 Å². The molecular weight excluding hydrogens is 483 g/mol. The van der Waals surface area contributed by atoms with E-state index in [1.54, 1.807) is 13.0 Å². The zero-order chi connectivity index (χ0) is 27.0. The third-order valence-electron chi connectivity index (χ3n) is 5.59. The molecule has 0 amide bonds. The average Bonchev–Trinajstić information content (AvgIpc) is 3.02. The topological polar surface area (TPSA) is 57.7 Å². The molecule has 1 aliphatic carbocycles. The molecule has 1 unspecified atom stereocenters. The Balaban J connectivity index is 1.82. The van der Waals surface area contributed by atoms with Crippen molar-refractivity contribution >= 4 is 5.97 Å². The van der Waals surface area contributed by atoms with Gasteiger partial charge in [0.2, 0.25) is 0 Å². The van der Waals surface area contributed by atoms with E-state index in [4.69, 9.17) is 19.2 Å². The van der Waals surface area contributed by atoms with Gasteiger partial charge in [-0.3, -0.25) is 0 Å². The number of halogens is 3. The second kappa shape index (κ2) is 12.6. The van der Waals surface area contributed by atoms with Crippen LogP contribution in [-0.4, -0.2) is 24.2 Å². The number of alkyl halides is 3. The zero-order valence-corrected chi connectivity index (χ0v) is 21.5. The van der Waals surface area contributed by atoms with Crippen LogP contribution in [0.5, 0.6) is 0 Å². The first-order valence-electron chi connectivity index (χ1n) is 12.2. The Morgan fingerprint density at radius 2 is 1.84 bits per heavy atom. The molecule has 1 heterocycles. The SMILES string of the molecule is CCOC(=O)COC1=C(C)C=C(OC(CC(C)C)c2cccc(-c3ccc(C(F)(F)F)cc3)n2)CC=C1. The van der Waals surface area contributed by atoms with E-state index in [9.17, 15) is 18.0 Å². The van der Waals surface area contributed by atoms with Crippen molar-refractivity contribution < 1.29 is 32.2 Å². The van der Waals surface area contributed by atoms with Crippen LogP contribution in [0.4, 0.5) is 13.2 Å². The number of rotatable bonds is 10. The molecule has 198 valence electrons. The molecule has 5 nitrogen and oxygen atoms in total. The van der Waals surface area contributed by atoms with Gasteiger partial charge in [0.15, 0.2) is 6.61 Å². The van der Waals surface area contributed by atoms with Gasteiger partial charge in [-0.15, -0.1) is 0 Å². The molecule has 1 atom stereocenters. The van der Waals surface area contributed by atoms with Crippen molar-refractivity contribution in [1.82, 2.24) is 4.98 Å². The van der Waals surface area contributed by atoms with Crippen LogP contribution >= 0.6 is 0 Å². The van der Waals surface area contributed by atoms with Gasteiger partial charge < -0.3 is 14.2 Å². The molecule has 0 spiro atoms. The normalized spacial score (nSPS) is 14.8. The van der Waals surface area contributed by atoms with Crippen LogP contribution in [-0.2, 0) is 25.2 Å². The summed E-state index contributed by atoms with van der Waals surface area (Å²) >= 11 is 0. The van der Waals surface area contributed by atoms with Crippen molar-refractivity contribution in [3.05, 3.63) is 89.0 Å². The molecule has 37 heavy (non-hydrogen) atoms. The largest absolute Gasteiger partial charge is 0.488 e. The average molecular weight is 516 g/mol. The molecule has 3 rings (SSSR count). The first-order chi connectivity index (χ1) is 17.6. The minimum absolute atomic E-state index is 0.175. The standard InChI is InChI=1S/C29H32F3NO4/c1-5-35-28(34)18-36-26-11-6-8-23(17-20(26)4)37-27(16-19(2)3)25-10-7-9-24(33-25)21-12-14-22(15-13-21)29(30,31)32/h6-7,9-15,17,19,27H,5,8,16,18H2,1-4H3. The van der Waals surface area contributed by atoms with Crippen LogP contribution in [0.15, 0.2) is 77.8 Å². The van der Waals surface area contributed by atoms with E-state index >= 15 is 0 Å². The lowest BCUT2D eigenvalue weighted by molar-refractivity contribution is -0.146.